The summed E-state index contributed by atoms with van der Waals surface area (Å²) in [6, 6.07) is 6.99. The molecule has 1 aromatic carbocycles. The van der Waals surface area contributed by atoms with Crippen LogP contribution in [0.1, 0.15) is 44.1 Å². The molecule has 1 unspecified atom stereocenters. The van der Waals surface area contributed by atoms with Crippen molar-refractivity contribution in [2.75, 3.05) is 4.90 Å². The van der Waals surface area contributed by atoms with Gasteiger partial charge >= 0.3 is 5.97 Å². The summed E-state index contributed by atoms with van der Waals surface area (Å²) in [6.07, 6.45) is 6.34. The molecule has 0 radical (unpaired) electrons. The predicted octanol–water partition coefficient (Wildman–Crippen LogP) is 3.00. The molecule has 1 N–H and O–H groups in total. The smallest absolute Gasteiger partial charge is 0.326 e. The number of amides is 1. The van der Waals surface area contributed by atoms with Gasteiger partial charge in [0.05, 0.1) is 0 Å². The van der Waals surface area contributed by atoms with Crippen LogP contribution in [0.4, 0.5) is 5.69 Å². The molecule has 1 aliphatic carbocycles. The van der Waals surface area contributed by atoms with Crippen molar-refractivity contribution in [2.45, 2.75) is 51.0 Å². The number of anilines is 1. The third kappa shape index (κ3) is 2.67. The van der Waals surface area contributed by atoms with Crippen LogP contribution >= 0.6 is 0 Å². The van der Waals surface area contributed by atoms with Crippen molar-refractivity contribution >= 4 is 17.6 Å². The molecule has 0 aromatic heterocycles. The number of carbonyl (C=O) groups excluding carboxylic acids is 1. The van der Waals surface area contributed by atoms with E-state index in [1.54, 1.807) is 4.90 Å². The molecule has 1 fully saturated rings. The molecule has 1 aliphatic heterocycles. The van der Waals surface area contributed by atoms with Crippen molar-refractivity contribution in [2.24, 2.45) is 5.92 Å². The van der Waals surface area contributed by atoms with Gasteiger partial charge in [-0.1, -0.05) is 37.5 Å². The van der Waals surface area contributed by atoms with Gasteiger partial charge in [0, 0.05) is 11.6 Å². The van der Waals surface area contributed by atoms with Gasteiger partial charge < -0.3 is 5.11 Å². The molecule has 3 rings (SSSR count). The molecule has 0 bridgehead atoms. The zero-order valence-electron chi connectivity index (χ0n) is 12.1. The lowest BCUT2D eigenvalue weighted by Crippen LogP contribution is -2.50. The average molecular weight is 287 g/mol. The van der Waals surface area contributed by atoms with Crippen molar-refractivity contribution in [1.82, 2.24) is 0 Å². The van der Waals surface area contributed by atoms with E-state index in [-0.39, 0.29) is 11.8 Å². The van der Waals surface area contributed by atoms with Gasteiger partial charge in [-0.15, -0.1) is 0 Å². The quantitative estimate of drug-likeness (QED) is 0.909. The molecule has 1 aromatic rings. The van der Waals surface area contributed by atoms with Crippen LogP contribution in [0.3, 0.4) is 0 Å². The van der Waals surface area contributed by atoms with Crippen molar-refractivity contribution in [1.29, 1.82) is 0 Å². The fourth-order valence-corrected chi connectivity index (χ4v) is 3.60. The van der Waals surface area contributed by atoms with E-state index >= 15 is 0 Å². The summed E-state index contributed by atoms with van der Waals surface area (Å²) in [5.74, 6) is -0.894. The van der Waals surface area contributed by atoms with Crippen LogP contribution in [-0.2, 0) is 16.0 Å². The maximum atomic E-state index is 12.9. The lowest BCUT2D eigenvalue weighted by Gasteiger charge is -2.37. The number of nitrogens with zero attached hydrogens (tertiary/aromatic N) is 1. The predicted molar refractivity (Wildman–Crippen MR) is 80.2 cm³/mol. The maximum absolute atomic E-state index is 12.9. The van der Waals surface area contributed by atoms with Crippen LogP contribution < -0.4 is 4.90 Å². The highest BCUT2D eigenvalue weighted by atomic mass is 16.4. The monoisotopic (exact) mass is 287 g/mol. The van der Waals surface area contributed by atoms with Crippen LogP contribution in [0.2, 0.25) is 0 Å². The van der Waals surface area contributed by atoms with Gasteiger partial charge in [0.15, 0.2) is 0 Å². The molecule has 112 valence electrons. The van der Waals surface area contributed by atoms with E-state index in [1.165, 1.54) is 6.42 Å². The Bertz CT molecular complexity index is 549. The number of benzene rings is 1. The summed E-state index contributed by atoms with van der Waals surface area (Å²) in [5, 5.41) is 9.49. The molecule has 1 atom stereocenters. The van der Waals surface area contributed by atoms with Crippen LogP contribution in [0.15, 0.2) is 24.3 Å². The second-order valence-corrected chi connectivity index (χ2v) is 6.06. The molecule has 0 spiro atoms. The van der Waals surface area contributed by atoms with E-state index in [2.05, 4.69) is 0 Å². The second kappa shape index (κ2) is 5.88. The summed E-state index contributed by atoms with van der Waals surface area (Å²) in [5.41, 5.74) is 1.88. The van der Waals surface area contributed by atoms with Crippen molar-refractivity contribution in [3.05, 3.63) is 29.8 Å². The van der Waals surface area contributed by atoms with Crippen molar-refractivity contribution < 1.29 is 14.7 Å². The summed E-state index contributed by atoms with van der Waals surface area (Å²) >= 11 is 0. The minimum absolute atomic E-state index is 0.00763. The van der Waals surface area contributed by atoms with Gasteiger partial charge in [-0.3, -0.25) is 9.69 Å². The number of hydrogen-bond acceptors (Lipinski definition) is 2. The summed E-state index contributed by atoms with van der Waals surface area (Å²) in [4.78, 5) is 26.0. The molecule has 1 saturated carbocycles. The number of carboxylic acids is 1. The Kier molecular flexibility index (Phi) is 3.95. The molecule has 0 saturated heterocycles. The minimum Gasteiger partial charge on any atom is -0.480 e. The largest absolute Gasteiger partial charge is 0.480 e. The lowest BCUT2D eigenvalue weighted by molar-refractivity contribution is -0.141. The Hall–Kier alpha value is -1.84. The Balaban J connectivity index is 1.94. The van der Waals surface area contributed by atoms with Gasteiger partial charge in [-0.05, 0) is 37.3 Å². The Labute approximate surface area is 124 Å². The first-order valence-electron chi connectivity index (χ1n) is 7.82. The number of para-hydroxylation sites is 1. The van der Waals surface area contributed by atoms with Crippen LogP contribution in [0.5, 0.6) is 0 Å². The number of carbonyl (C=O) groups is 2. The van der Waals surface area contributed by atoms with Crippen LogP contribution in [-0.4, -0.2) is 23.0 Å². The van der Waals surface area contributed by atoms with Gasteiger partial charge in [0.1, 0.15) is 6.04 Å². The van der Waals surface area contributed by atoms with Gasteiger partial charge in [-0.2, -0.15) is 0 Å². The molecule has 2 aliphatic rings. The fraction of sp³-hybridized carbons (Fsp3) is 0.529. The third-order valence-electron chi connectivity index (χ3n) is 4.73. The van der Waals surface area contributed by atoms with Gasteiger partial charge in [0.25, 0.3) is 0 Å². The fourth-order valence-electron chi connectivity index (χ4n) is 3.60. The highest BCUT2D eigenvalue weighted by Crippen LogP contribution is 2.34. The maximum Gasteiger partial charge on any atom is 0.326 e. The van der Waals surface area contributed by atoms with E-state index in [1.807, 2.05) is 24.3 Å². The van der Waals surface area contributed by atoms with E-state index in [0.717, 1.165) is 43.4 Å². The first kappa shape index (κ1) is 14.1. The first-order chi connectivity index (χ1) is 10.2. The number of hydrogen-bond donors (Lipinski definition) is 1. The summed E-state index contributed by atoms with van der Waals surface area (Å²) in [7, 11) is 0. The van der Waals surface area contributed by atoms with Crippen molar-refractivity contribution in [3.63, 3.8) is 0 Å². The second-order valence-electron chi connectivity index (χ2n) is 6.06. The molecule has 4 nitrogen and oxygen atoms in total. The number of fused-ring (bicyclic) bond motifs is 1. The van der Waals surface area contributed by atoms with E-state index < -0.39 is 12.0 Å². The van der Waals surface area contributed by atoms with Crippen LogP contribution in [0, 0.1) is 5.92 Å². The Morgan fingerprint density at radius 2 is 1.76 bits per heavy atom. The zero-order valence-corrected chi connectivity index (χ0v) is 12.1. The molecular formula is C17H21NO3. The van der Waals surface area contributed by atoms with E-state index in [0.29, 0.717) is 6.42 Å². The minimum atomic E-state index is -0.895. The molecule has 4 heteroatoms. The number of carboxylic acid groups (broad SMARTS) is 1. The molecule has 1 heterocycles. The SMILES string of the molecule is O=C(O)C1CCc2ccccc2N1C(=O)C1CCCCC1. The highest BCUT2D eigenvalue weighted by molar-refractivity contribution is 6.01. The first-order valence-corrected chi connectivity index (χ1v) is 7.82. The number of aliphatic carboxylic acids is 1. The summed E-state index contributed by atoms with van der Waals surface area (Å²) < 4.78 is 0. The number of aryl methyl sites for hydroxylation is 1. The molecular weight excluding hydrogens is 266 g/mol. The average Bonchev–Trinajstić information content (AvgIpc) is 2.53. The van der Waals surface area contributed by atoms with Crippen LogP contribution in [0.25, 0.3) is 0 Å². The molecule has 1 amide bonds. The lowest BCUT2D eigenvalue weighted by atomic mass is 9.86. The number of rotatable bonds is 2. The Morgan fingerprint density at radius 3 is 2.48 bits per heavy atom. The van der Waals surface area contributed by atoms with Gasteiger partial charge in [0.2, 0.25) is 5.91 Å². The normalized spacial score (nSPS) is 22.7. The highest BCUT2D eigenvalue weighted by Gasteiger charge is 2.38. The topological polar surface area (TPSA) is 57.6 Å². The van der Waals surface area contributed by atoms with Gasteiger partial charge in [-0.25, -0.2) is 4.79 Å². The third-order valence-corrected chi connectivity index (χ3v) is 4.73. The standard InChI is InChI=1S/C17H21NO3/c19-16(13-7-2-1-3-8-13)18-14-9-5-4-6-12(14)10-11-15(18)17(20)21/h4-6,9,13,15H,1-3,7-8,10-11H2,(H,20,21). The Morgan fingerprint density at radius 1 is 1.05 bits per heavy atom. The zero-order chi connectivity index (χ0) is 14.8. The summed E-state index contributed by atoms with van der Waals surface area (Å²) in [6.45, 7) is 0. The van der Waals surface area contributed by atoms with Crippen molar-refractivity contribution in [3.8, 4) is 0 Å². The molecule has 21 heavy (non-hydrogen) atoms. The van der Waals surface area contributed by atoms with E-state index in [9.17, 15) is 14.7 Å². The van der Waals surface area contributed by atoms with E-state index in [4.69, 9.17) is 0 Å².